The molecule has 0 radical (unpaired) electrons. The number of nitrogens with one attached hydrogen (secondary N) is 1. The number of nitrogens with zero attached hydrogens (tertiary/aromatic N) is 1. The van der Waals surface area contributed by atoms with E-state index in [-0.39, 0.29) is 18.7 Å². The van der Waals surface area contributed by atoms with E-state index in [0.29, 0.717) is 16.7 Å². The van der Waals surface area contributed by atoms with Crippen molar-refractivity contribution in [2.24, 2.45) is 0 Å². The summed E-state index contributed by atoms with van der Waals surface area (Å²) in [5.41, 5.74) is 0.729. The number of halogens is 1. The Balaban J connectivity index is 1.94. The highest BCUT2D eigenvalue weighted by atomic mass is 35.5. The Labute approximate surface area is 132 Å². The van der Waals surface area contributed by atoms with Crippen LogP contribution in [0.1, 0.15) is 19.2 Å². The van der Waals surface area contributed by atoms with Crippen LogP contribution in [-0.2, 0) is 16.0 Å². The largest absolute Gasteiger partial charge is 0.480 e. The van der Waals surface area contributed by atoms with E-state index in [2.05, 4.69) is 10.3 Å². The molecule has 0 fully saturated rings. The van der Waals surface area contributed by atoms with Gasteiger partial charge in [0.25, 0.3) is 0 Å². The maximum atomic E-state index is 11.6. The third-order valence-corrected chi connectivity index (χ3v) is 3.34. The van der Waals surface area contributed by atoms with Gasteiger partial charge in [-0.25, -0.2) is 4.98 Å². The molecule has 2 aromatic rings. The SMILES string of the molecule is C[C@H](NC(=O)CCc1ncc(-c2ccccc2Cl)o1)C(=O)O. The Morgan fingerprint density at radius 2 is 2.14 bits per heavy atom. The molecule has 1 aromatic heterocycles. The molecule has 0 aliphatic rings. The van der Waals surface area contributed by atoms with E-state index in [9.17, 15) is 9.59 Å². The molecule has 116 valence electrons. The lowest BCUT2D eigenvalue weighted by molar-refractivity contribution is -0.141. The number of carboxylic acid groups (broad SMARTS) is 1. The van der Waals surface area contributed by atoms with Crippen LogP contribution in [0.5, 0.6) is 0 Å². The summed E-state index contributed by atoms with van der Waals surface area (Å²) in [5, 5.41) is 11.6. The lowest BCUT2D eigenvalue weighted by Gasteiger charge is -2.07. The molecular weight excluding hydrogens is 308 g/mol. The molecule has 0 aliphatic carbocycles. The van der Waals surface area contributed by atoms with E-state index < -0.39 is 12.0 Å². The van der Waals surface area contributed by atoms with Crippen LogP contribution in [0.2, 0.25) is 5.02 Å². The number of carbonyl (C=O) groups is 2. The van der Waals surface area contributed by atoms with Crippen LogP contribution < -0.4 is 5.32 Å². The number of hydrogen-bond acceptors (Lipinski definition) is 4. The summed E-state index contributed by atoms with van der Waals surface area (Å²) in [6.07, 6.45) is 1.93. The predicted octanol–water partition coefficient (Wildman–Crippen LogP) is 2.52. The lowest BCUT2D eigenvalue weighted by atomic mass is 10.2. The molecule has 0 saturated heterocycles. The van der Waals surface area contributed by atoms with Crippen molar-refractivity contribution in [3.05, 3.63) is 41.4 Å². The van der Waals surface area contributed by atoms with Crippen LogP contribution in [0, 0.1) is 0 Å². The summed E-state index contributed by atoms with van der Waals surface area (Å²) in [5.74, 6) is -0.522. The fourth-order valence-corrected chi connectivity index (χ4v) is 2.04. The standard InChI is InChI=1S/C15H15ClN2O4/c1-9(15(20)21)18-13(19)6-7-14-17-8-12(22-14)10-4-2-3-5-11(10)16/h2-5,8-9H,6-7H2,1H3,(H,18,19)(H,20,21)/t9-/m0/s1. The number of aromatic nitrogens is 1. The number of rotatable bonds is 6. The number of oxazole rings is 1. The van der Waals surface area contributed by atoms with Gasteiger partial charge in [-0.15, -0.1) is 0 Å². The molecule has 1 aromatic carbocycles. The van der Waals surface area contributed by atoms with Crippen molar-refractivity contribution in [1.82, 2.24) is 10.3 Å². The minimum atomic E-state index is -1.08. The zero-order valence-corrected chi connectivity index (χ0v) is 12.6. The zero-order chi connectivity index (χ0) is 16.1. The van der Waals surface area contributed by atoms with Gasteiger partial charge in [0.1, 0.15) is 6.04 Å². The van der Waals surface area contributed by atoms with E-state index >= 15 is 0 Å². The van der Waals surface area contributed by atoms with Crippen molar-refractivity contribution < 1.29 is 19.1 Å². The van der Waals surface area contributed by atoms with Gasteiger partial charge in [-0.05, 0) is 19.1 Å². The highest BCUT2D eigenvalue weighted by Crippen LogP contribution is 2.28. The van der Waals surface area contributed by atoms with Crippen LogP contribution >= 0.6 is 11.6 Å². The number of aliphatic carboxylic acids is 1. The monoisotopic (exact) mass is 322 g/mol. The van der Waals surface area contributed by atoms with E-state index in [1.807, 2.05) is 18.2 Å². The molecule has 2 rings (SSSR count). The summed E-state index contributed by atoms with van der Waals surface area (Å²) in [4.78, 5) is 26.3. The normalized spacial score (nSPS) is 11.9. The smallest absolute Gasteiger partial charge is 0.325 e. The van der Waals surface area contributed by atoms with Gasteiger partial charge in [-0.3, -0.25) is 9.59 Å². The Hall–Kier alpha value is -2.34. The molecule has 1 atom stereocenters. The first kappa shape index (κ1) is 16.0. The van der Waals surface area contributed by atoms with E-state index in [1.54, 1.807) is 12.3 Å². The highest BCUT2D eigenvalue weighted by Gasteiger charge is 2.15. The highest BCUT2D eigenvalue weighted by molar-refractivity contribution is 6.33. The van der Waals surface area contributed by atoms with E-state index in [1.165, 1.54) is 6.92 Å². The number of benzene rings is 1. The van der Waals surface area contributed by atoms with Crippen LogP contribution in [0.25, 0.3) is 11.3 Å². The van der Waals surface area contributed by atoms with Gasteiger partial charge < -0.3 is 14.8 Å². The molecule has 22 heavy (non-hydrogen) atoms. The van der Waals surface area contributed by atoms with Crippen molar-refractivity contribution in [3.63, 3.8) is 0 Å². The number of carboxylic acids is 1. The van der Waals surface area contributed by atoms with Gasteiger partial charge >= 0.3 is 5.97 Å². The number of carbonyl (C=O) groups excluding carboxylic acids is 1. The first-order valence-electron chi connectivity index (χ1n) is 6.69. The molecule has 0 unspecified atom stereocenters. The van der Waals surface area contributed by atoms with Crippen molar-refractivity contribution in [2.75, 3.05) is 0 Å². The second kappa shape index (κ2) is 7.09. The number of hydrogen-bond donors (Lipinski definition) is 2. The van der Waals surface area contributed by atoms with Crippen LogP contribution in [0.15, 0.2) is 34.9 Å². The number of amides is 1. The molecule has 6 nitrogen and oxygen atoms in total. The summed E-state index contributed by atoms with van der Waals surface area (Å²) < 4.78 is 5.56. The average molecular weight is 323 g/mol. The molecular formula is C15H15ClN2O4. The van der Waals surface area contributed by atoms with Gasteiger partial charge in [-0.2, -0.15) is 0 Å². The average Bonchev–Trinajstić information content (AvgIpc) is 2.94. The third-order valence-electron chi connectivity index (χ3n) is 3.01. The molecule has 1 amide bonds. The van der Waals surface area contributed by atoms with Crippen molar-refractivity contribution in [2.45, 2.75) is 25.8 Å². The fraction of sp³-hybridized carbons (Fsp3) is 0.267. The van der Waals surface area contributed by atoms with Gasteiger partial charge in [0, 0.05) is 18.4 Å². The van der Waals surface area contributed by atoms with E-state index in [4.69, 9.17) is 21.1 Å². The third kappa shape index (κ3) is 4.08. The molecule has 0 saturated carbocycles. The minimum Gasteiger partial charge on any atom is -0.480 e. The molecule has 0 aliphatic heterocycles. The molecule has 0 spiro atoms. The van der Waals surface area contributed by atoms with Crippen molar-refractivity contribution >= 4 is 23.5 Å². The van der Waals surface area contributed by atoms with Gasteiger partial charge in [0.2, 0.25) is 5.91 Å². The maximum absolute atomic E-state index is 11.6. The Morgan fingerprint density at radius 1 is 1.41 bits per heavy atom. The Kier molecular flexibility index (Phi) is 5.16. The second-order valence-corrected chi connectivity index (χ2v) is 5.13. The predicted molar refractivity (Wildman–Crippen MR) is 80.5 cm³/mol. The summed E-state index contributed by atoms with van der Waals surface area (Å²) in [6.45, 7) is 1.40. The maximum Gasteiger partial charge on any atom is 0.325 e. The first-order chi connectivity index (χ1) is 10.5. The summed E-state index contributed by atoms with van der Waals surface area (Å²) in [7, 11) is 0. The quantitative estimate of drug-likeness (QED) is 0.852. The first-order valence-corrected chi connectivity index (χ1v) is 7.07. The fourth-order valence-electron chi connectivity index (χ4n) is 1.81. The van der Waals surface area contributed by atoms with Gasteiger partial charge in [0.15, 0.2) is 11.7 Å². The molecule has 2 N–H and O–H groups in total. The molecule has 0 bridgehead atoms. The zero-order valence-electron chi connectivity index (χ0n) is 11.9. The van der Waals surface area contributed by atoms with E-state index in [0.717, 1.165) is 5.56 Å². The van der Waals surface area contributed by atoms with Crippen LogP contribution in [-0.4, -0.2) is 28.0 Å². The minimum absolute atomic E-state index is 0.0973. The van der Waals surface area contributed by atoms with Crippen LogP contribution in [0.4, 0.5) is 0 Å². The number of aryl methyl sites for hydroxylation is 1. The van der Waals surface area contributed by atoms with Gasteiger partial charge in [0.05, 0.1) is 11.2 Å². The topological polar surface area (TPSA) is 92.4 Å². The van der Waals surface area contributed by atoms with Gasteiger partial charge in [-0.1, -0.05) is 23.7 Å². The van der Waals surface area contributed by atoms with Crippen molar-refractivity contribution in [3.8, 4) is 11.3 Å². The molecule has 7 heteroatoms. The molecule has 1 heterocycles. The second-order valence-electron chi connectivity index (χ2n) is 4.73. The van der Waals surface area contributed by atoms with Crippen LogP contribution in [0.3, 0.4) is 0 Å². The summed E-state index contributed by atoms with van der Waals surface area (Å²) in [6, 6.07) is 6.30. The Bertz CT molecular complexity index is 684. The summed E-state index contributed by atoms with van der Waals surface area (Å²) >= 11 is 6.07. The van der Waals surface area contributed by atoms with Crippen molar-refractivity contribution in [1.29, 1.82) is 0 Å². The Morgan fingerprint density at radius 3 is 2.82 bits per heavy atom. The lowest BCUT2D eigenvalue weighted by Crippen LogP contribution is -2.38.